The van der Waals surface area contributed by atoms with E-state index in [1.165, 1.54) is 51.4 Å². The minimum atomic E-state index is -1.15. The van der Waals surface area contributed by atoms with Gasteiger partial charge in [-0.1, -0.05) is 94.4 Å². The molecule has 0 spiro atoms. The molecule has 0 bridgehead atoms. The van der Waals surface area contributed by atoms with Crippen LogP contribution in [0.5, 0.6) is 0 Å². The van der Waals surface area contributed by atoms with E-state index in [1.807, 2.05) is 18.2 Å². The van der Waals surface area contributed by atoms with Gasteiger partial charge >= 0.3 is 18.9 Å². The van der Waals surface area contributed by atoms with E-state index >= 15 is 0 Å². The molecule has 0 amide bonds. The summed E-state index contributed by atoms with van der Waals surface area (Å²) in [6.07, 6.45) is 20.3. The molecule has 1 saturated heterocycles. The molecule has 1 aliphatic rings. The van der Waals surface area contributed by atoms with E-state index in [0.717, 1.165) is 12.0 Å². The van der Waals surface area contributed by atoms with Gasteiger partial charge in [-0.25, -0.2) is 0 Å². The van der Waals surface area contributed by atoms with Crippen molar-refractivity contribution in [2.24, 2.45) is 0 Å². The van der Waals surface area contributed by atoms with Crippen LogP contribution in [-0.4, -0.2) is 12.1 Å². The molecule has 0 N–H and O–H groups in total. The number of carbonyl (C=O) groups excluding carboxylic acids is 1. The maximum Gasteiger partial charge on any atom is 1.00 e. The molecule has 2 unspecified atom stereocenters. The van der Waals surface area contributed by atoms with Crippen molar-refractivity contribution in [1.29, 1.82) is 0 Å². The number of carboxylic acid groups (broad SMARTS) is 1. The van der Waals surface area contributed by atoms with E-state index in [-0.39, 0.29) is 36.6 Å². The summed E-state index contributed by atoms with van der Waals surface area (Å²) in [5.41, 5.74) is 1.09. The van der Waals surface area contributed by atoms with Gasteiger partial charge in [-0.3, -0.25) is 0 Å². The molecule has 0 aromatic heterocycles. The number of carbonyl (C=O) groups is 1. The number of benzene rings is 1. The summed E-state index contributed by atoms with van der Waals surface area (Å²) in [5, 5.41) is 10.9. The molecule has 1 aromatic carbocycles. The molecule has 142 valence electrons. The number of rotatable bonds is 13. The molecule has 1 heterocycles. The van der Waals surface area contributed by atoms with Crippen molar-refractivity contribution in [3.05, 3.63) is 59.7 Å². The van der Waals surface area contributed by atoms with E-state index in [0.29, 0.717) is 0 Å². The van der Waals surface area contributed by atoms with Gasteiger partial charge in [0.2, 0.25) is 0 Å². The number of hydrogen-bond acceptors (Lipinski definition) is 3. The topological polar surface area (TPSA) is 52.7 Å². The molecule has 2 rings (SSSR count). The zero-order valence-corrected chi connectivity index (χ0v) is 16.9. The number of ether oxygens (including phenoxy) is 1. The third-order valence-electron chi connectivity index (χ3n) is 4.75. The Morgan fingerprint density at radius 1 is 1.07 bits per heavy atom. The Balaban J connectivity index is 0.00000364. The maximum absolute atomic E-state index is 10.9. The molecule has 1 aliphatic heterocycles. The average Bonchev–Trinajstić information content (AvgIpc) is 3.42. The Kier molecular flexibility index (Phi) is 12.2. The van der Waals surface area contributed by atoms with Crippen LogP contribution in [0, 0.1) is 0 Å². The fraction of sp³-hybridized carbons (Fsp3) is 0.522. The molecule has 3 nitrogen and oxygen atoms in total. The third kappa shape index (κ3) is 9.47. The van der Waals surface area contributed by atoms with E-state index in [9.17, 15) is 9.90 Å². The van der Waals surface area contributed by atoms with Gasteiger partial charge in [-0.05, 0) is 30.0 Å². The van der Waals surface area contributed by atoms with Gasteiger partial charge in [0, 0.05) is 0 Å². The first-order valence-corrected chi connectivity index (χ1v) is 10.0. The van der Waals surface area contributed by atoms with E-state index in [4.69, 9.17) is 4.74 Å². The number of carboxylic acids is 1. The normalized spacial score (nSPS) is 18.7. The van der Waals surface area contributed by atoms with E-state index in [2.05, 4.69) is 19.1 Å². The monoisotopic (exact) mass is 362 g/mol. The van der Waals surface area contributed by atoms with Gasteiger partial charge in [0.25, 0.3) is 0 Å². The molecule has 0 radical (unpaired) electrons. The zero-order valence-electron chi connectivity index (χ0n) is 16.9. The second-order valence-electron chi connectivity index (χ2n) is 7.01. The van der Waals surface area contributed by atoms with Crippen LogP contribution in [0.3, 0.4) is 0 Å². The van der Waals surface area contributed by atoms with E-state index in [1.54, 1.807) is 18.2 Å². The number of allylic oxidation sites excluding steroid dienone is 3. The molecular weight excluding hydrogens is 331 g/mol. The number of unbranched alkanes of at least 4 members (excludes halogenated alkanes) is 8. The minimum absolute atomic E-state index is 0. The number of epoxide rings is 1. The molecule has 1 fully saturated rings. The van der Waals surface area contributed by atoms with Gasteiger partial charge in [0.05, 0.1) is 5.97 Å². The van der Waals surface area contributed by atoms with Gasteiger partial charge in [0.1, 0.15) is 12.2 Å². The van der Waals surface area contributed by atoms with Crippen molar-refractivity contribution in [3.8, 4) is 0 Å². The van der Waals surface area contributed by atoms with Crippen molar-refractivity contribution in [2.75, 3.05) is 0 Å². The predicted molar refractivity (Wildman–Crippen MR) is 104 cm³/mol. The molecule has 4 heteroatoms. The fourth-order valence-corrected chi connectivity index (χ4v) is 3.13. The van der Waals surface area contributed by atoms with Gasteiger partial charge < -0.3 is 14.6 Å². The second kappa shape index (κ2) is 13.8. The SMILES string of the molecule is CCCCCCCCCC/C=C/C=C/C1OC1c1cccc(C(=O)[O-])c1.[Li+]. The van der Waals surface area contributed by atoms with Crippen LogP contribution >= 0.6 is 0 Å². The largest absolute Gasteiger partial charge is 1.00 e. The average molecular weight is 362 g/mol. The molecule has 0 aliphatic carbocycles. The minimum Gasteiger partial charge on any atom is -0.545 e. The Bertz CT molecular complexity index is 609. The van der Waals surface area contributed by atoms with Crippen LogP contribution in [0.25, 0.3) is 0 Å². The van der Waals surface area contributed by atoms with Crippen molar-refractivity contribution in [2.45, 2.75) is 76.9 Å². The summed E-state index contributed by atoms with van der Waals surface area (Å²) in [6, 6.07) is 6.79. The zero-order chi connectivity index (χ0) is 18.6. The second-order valence-corrected chi connectivity index (χ2v) is 7.01. The van der Waals surface area contributed by atoms with Gasteiger partial charge in [0.15, 0.2) is 0 Å². The standard InChI is InChI=1S/C23H32O3.Li/c1-2-3-4-5-6-7-8-9-10-11-12-13-17-21-22(26-21)19-15-14-16-20(18-19)23(24)25;/h11-18,21-22H,2-10H2,1H3,(H,24,25);/q;+1/p-1/b12-11+,17-13+;. The fourth-order valence-electron chi connectivity index (χ4n) is 3.13. The van der Waals surface area contributed by atoms with Crippen molar-refractivity contribution in [3.63, 3.8) is 0 Å². The molecular formula is C23H31LiO3. The van der Waals surface area contributed by atoms with Crippen molar-refractivity contribution >= 4 is 5.97 Å². The first-order valence-electron chi connectivity index (χ1n) is 10.0. The van der Waals surface area contributed by atoms with E-state index < -0.39 is 5.97 Å². The quantitative estimate of drug-likeness (QED) is 0.234. The number of aromatic carboxylic acids is 1. The first kappa shape index (κ1) is 23.8. The van der Waals surface area contributed by atoms with Crippen LogP contribution in [-0.2, 0) is 4.74 Å². The molecule has 27 heavy (non-hydrogen) atoms. The Hall–Kier alpha value is -1.27. The first-order chi connectivity index (χ1) is 12.7. The van der Waals surface area contributed by atoms with Crippen LogP contribution in [0.15, 0.2) is 48.6 Å². The summed E-state index contributed by atoms with van der Waals surface area (Å²) >= 11 is 0. The Labute approximate surface area is 176 Å². The Morgan fingerprint density at radius 2 is 1.78 bits per heavy atom. The van der Waals surface area contributed by atoms with Crippen molar-refractivity contribution in [1.82, 2.24) is 0 Å². The predicted octanol–water partition coefficient (Wildman–Crippen LogP) is 2.14. The van der Waals surface area contributed by atoms with Gasteiger partial charge in [-0.2, -0.15) is 0 Å². The van der Waals surface area contributed by atoms with Crippen molar-refractivity contribution < 1.29 is 33.5 Å². The smallest absolute Gasteiger partial charge is 0.545 e. The Morgan fingerprint density at radius 3 is 2.48 bits per heavy atom. The summed E-state index contributed by atoms with van der Waals surface area (Å²) in [6.45, 7) is 2.25. The van der Waals surface area contributed by atoms with Crippen LogP contribution in [0.2, 0.25) is 0 Å². The maximum atomic E-state index is 10.9. The summed E-state index contributed by atoms with van der Waals surface area (Å²) in [7, 11) is 0. The molecule has 1 aromatic rings. The third-order valence-corrected chi connectivity index (χ3v) is 4.75. The van der Waals surface area contributed by atoms with Gasteiger partial charge in [-0.15, -0.1) is 0 Å². The van der Waals surface area contributed by atoms with Crippen LogP contribution in [0.1, 0.15) is 86.7 Å². The number of hydrogen-bond donors (Lipinski definition) is 0. The summed E-state index contributed by atoms with van der Waals surface area (Å²) in [5.74, 6) is -1.15. The summed E-state index contributed by atoms with van der Waals surface area (Å²) in [4.78, 5) is 10.9. The van der Waals surface area contributed by atoms with Crippen LogP contribution < -0.4 is 24.0 Å². The molecule has 2 atom stereocenters. The van der Waals surface area contributed by atoms with Crippen LogP contribution in [0.4, 0.5) is 0 Å². The summed E-state index contributed by atoms with van der Waals surface area (Å²) < 4.78 is 5.60. The molecule has 0 saturated carbocycles.